The Balaban J connectivity index is 1.80. The fourth-order valence-electron chi connectivity index (χ4n) is 3.45. The predicted molar refractivity (Wildman–Crippen MR) is 131 cm³/mol. The van der Waals surface area contributed by atoms with Gasteiger partial charge in [-0.3, -0.25) is 24.1 Å². The number of nitrogens with zero attached hydrogens (tertiary/aromatic N) is 2. The first-order chi connectivity index (χ1) is 17.3. The van der Waals surface area contributed by atoms with Gasteiger partial charge in [-0.1, -0.05) is 6.07 Å². The van der Waals surface area contributed by atoms with E-state index in [2.05, 4.69) is 9.69 Å². The number of thiophene rings is 1. The Morgan fingerprint density at radius 2 is 2.00 bits per heavy atom. The van der Waals surface area contributed by atoms with Crippen LogP contribution in [0.25, 0.3) is 0 Å². The van der Waals surface area contributed by atoms with E-state index in [1.165, 1.54) is 16.2 Å². The minimum Gasteiger partial charge on any atom is -0.465 e. The van der Waals surface area contributed by atoms with E-state index in [0.717, 1.165) is 0 Å². The molecule has 0 spiro atoms. The SMILES string of the molecule is CCOC(=O)CNC(=O)C(c1cccs1)N(C(=O)c1snc(C(N)=O)c1N)c1ccc2c(c1)OCO2. The number of nitrogens with one attached hydrogen (secondary N) is 1. The third-order valence-electron chi connectivity index (χ3n) is 5.04. The summed E-state index contributed by atoms with van der Waals surface area (Å²) in [6, 6.07) is 6.91. The van der Waals surface area contributed by atoms with Gasteiger partial charge in [0.05, 0.1) is 12.3 Å². The molecule has 1 aromatic carbocycles. The molecule has 1 atom stereocenters. The lowest BCUT2D eigenvalue weighted by molar-refractivity contribution is -0.143. The van der Waals surface area contributed by atoms with E-state index in [1.54, 1.807) is 42.6 Å². The predicted octanol–water partition coefficient (Wildman–Crippen LogP) is 1.68. The number of carbonyl (C=O) groups is 4. The molecular formula is C22H21N5O7S2. The third-order valence-corrected chi connectivity index (χ3v) is 6.82. The highest BCUT2D eigenvalue weighted by atomic mass is 32.1. The number of fused-ring (bicyclic) bond motifs is 1. The zero-order chi connectivity index (χ0) is 25.8. The molecule has 4 rings (SSSR count). The van der Waals surface area contributed by atoms with Crippen molar-refractivity contribution in [2.75, 3.05) is 30.6 Å². The smallest absolute Gasteiger partial charge is 0.325 e. The van der Waals surface area contributed by atoms with Crippen LogP contribution in [0.2, 0.25) is 0 Å². The summed E-state index contributed by atoms with van der Waals surface area (Å²) in [5.74, 6) is -2.03. The summed E-state index contributed by atoms with van der Waals surface area (Å²) in [5.41, 5.74) is 11.2. The Labute approximate surface area is 212 Å². The van der Waals surface area contributed by atoms with Crippen molar-refractivity contribution in [3.05, 3.63) is 51.2 Å². The standard InChI is InChI=1S/C22H21N5O7S2/c1-2-32-15(28)9-25-21(30)18(14-4-3-7-35-14)27(11-5-6-12-13(8-11)34-10-33-12)22(31)19-16(23)17(20(24)29)26-36-19/h3-8,18H,2,9-10,23H2,1H3,(H2,24,29)(H,25,30). The Morgan fingerprint density at radius 1 is 1.22 bits per heavy atom. The zero-order valence-electron chi connectivity index (χ0n) is 18.9. The summed E-state index contributed by atoms with van der Waals surface area (Å²) in [6.45, 7) is 1.41. The molecule has 1 aliphatic heterocycles. The van der Waals surface area contributed by atoms with Crippen LogP contribution in [0.3, 0.4) is 0 Å². The second kappa shape index (κ2) is 10.6. The molecule has 0 saturated carbocycles. The average molecular weight is 532 g/mol. The first-order valence-electron chi connectivity index (χ1n) is 10.6. The molecule has 3 heterocycles. The fraction of sp³-hybridized carbons (Fsp3) is 0.227. The van der Waals surface area contributed by atoms with Gasteiger partial charge >= 0.3 is 5.97 Å². The summed E-state index contributed by atoms with van der Waals surface area (Å²) >= 11 is 1.92. The summed E-state index contributed by atoms with van der Waals surface area (Å²) < 4.78 is 19.6. The van der Waals surface area contributed by atoms with Gasteiger partial charge in [-0.25, -0.2) is 0 Å². The molecule has 12 nitrogen and oxygen atoms in total. The van der Waals surface area contributed by atoms with E-state index in [-0.39, 0.29) is 35.3 Å². The lowest BCUT2D eigenvalue weighted by Gasteiger charge is -2.30. The molecule has 2 aromatic heterocycles. The molecule has 0 aliphatic carbocycles. The molecule has 5 N–H and O–H groups in total. The van der Waals surface area contributed by atoms with Crippen LogP contribution in [0.1, 0.15) is 38.0 Å². The van der Waals surface area contributed by atoms with Crippen molar-refractivity contribution < 1.29 is 33.4 Å². The molecule has 0 radical (unpaired) electrons. The van der Waals surface area contributed by atoms with Crippen molar-refractivity contribution >= 4 is 57.9 Å². The molecule has 0 saturated heterocycles. The second-order valence-electron chi connectivity index (χ2n) is 7.29. The normalized spacial score (nSPS) is 12.6. The number of hydrogen-bond acceptors (Lipinski definition) is 11. The lowest BCUT2D eigenvalue weighted by atomic mass is 10.1. The number of ether oxygens (including phenoxy) is 3. The number of hydrogen-bond donors (Lipinski definition) is 3. The van der Waals surface area contributed by atoms with Crippen molar-refractivity contribution in [1.82, 2.24) is 9.69 Å². The molecule has 1 unspecified atom stereocenters. The molecule has 3 amide bonds. The Kier molecular flexibility index (Phi) is 7.36. The number of amides is 3. The van der Waals surface area contributed by atoms with Crippen molar-refractivity contribution in [1.29, 1.82) is 0 Å². The van der Waals surface area contributed by atoms with Crippen LogP contribution in [0.15, 0.2) is 35.7 Å². The van der Waals surface area contributed by atoms with Gasteiger partial charge in [0.1, 0.15) is 11.4 Å². The molecule has 1 aliphatic rings. The van der Waals surface area contributed by atoms with Gasteiger partial charge in [-0.2, -0.15) is 4.37 Å². The Morgan fingerprint density at radius 3 is 2.67 bits per heavy atom. The van der Waals surface area contributed by atoms with Crippen molar-refractivity contribution in [2.45, 2.75) is 13.0 Å². The highest BCUT2D eigenvalue weighted by Crippen LogP contribution is 2.40. The number of nitrogen functional groups attached to an aromatic ring is 1. The van der Waals surface area contributed by atoms with E-state index in [4.69, 9.17) is 25.7 Å². The molecule has 0 fully saturated rings. The monoisotopic (exact) mass is 531 g/mol. The third kappa shape index (κ3) is 4.94. The summed E-state index contributed by atoms with van der Waals surface area (Å²) in [5, 5.41) is 4.27. The molecule has 3 aromatic rings. The van der Waals surface area contributed by atoms with Crippen LogP contribution in [-0.4, -0.2) is 48.0 Å². The van der Waals surface area contributed by atoms with Gasteiger partial charge < -0.3 is 31.0 Å². The topological polar surface area (TPSA) is 176 Å². The fourth-order valence-corrected chi connectivity index (χ4v) is 5.00. The maximum atomic E-state index is 13.9. The number of benzene rings is 1. The largest absolute Gasteiger partial charge is 0.465 e. The minimum absolute atomic E-state index is 0.00484. The Bertz CT molecular complexity index is 1310. The van der Waals surface area contributed by atoms with Gasteiger partial charge in [-0.15, -0.1) is 11.3 Å². The molecular weight excluding hydrogens is 510 g/mol. The van der Waals surface area contributed by atoms with E-state index >= 15 is 0 Å². The summed E-state index contributed by atoms with van der Waals surface area (Å²) in [7, 11) is 0. The van der Waals surface area contributed by atoms with E-state index in [1.807, 2.05) is 0 Å². The van der Waals surface area contributed by atoms with Crippen molar-refractivity contribution in [2.24, 2.45) is 5.73 Å². The van der Waals surface area contributed by atoms with E-state index in [9.17, 15) is 19.2 Å². The van der Waals surface area contributed by atoms with Gasteiger partial charge in [0.25, 0.3) is 11.8 Å². The average Bonchev–Trinajstić information content (AvgIpc) is 3.61. The first-order valence-corrected chi connectivity index (χ1v) is 12.2. The number of nitrogens with two attached hydrogens (primary N) is 2. The number of esters is 1. The van der Waals surface area contributed by atoms with Crippen LogP contribution >= 0.6 is 22.9 Å². The van der Waals surface area contributed by atoms with Crippen LogP contribution in [-0.2, 0) is 14.3 Å². The number of aromatic nitrogens is 1. The van der Waals surface area contributed by atoms with Crippen LogP contribution in [0, 0.1) is 0 Å². The second-order valence-corrected chi connectivity index (χ2v) is 9.04. The minimum atomic E-state index is -1.22. The summed E-state index contributed by atoms with van der Waals surface area (Å²) in [4.78, 5) is 52.5. The first kappa shape index (κ1) is 24.9. The highest BCUT2D eigenvalue weighted by Gasteiger charge is 2.37. The lowest BCUT2D eigenvalue weighted by Crippen LogP contribution is -2.45. The van der Waals surface area contributed by atoms with Gasteiger partial charge in [0, 0.05) is 16.6 Å². The van der Waals surface area contributed by atoms with Gasteiger partial charge in [0.2, 0.25) is 12.7 Å². The Hall–Kier alpha value is -4.17. The van der Waals surface area contributed by atoms with Gasteiger partial charge in [-0.05, 0) is 42.0 Å². The molecule has 36 heavy (non-hydrogen) atoms. The molecule has 188 valence electrons. The quantitative estimate of drug-likeness (QED) is 0.347. The maximum absolute atomic E-state index is 13.9. The van der Waals surface area contributed by atoms with Gasteiger partial charge in [0.15, 0.2) is 23.2 Å². The van der Waals surface area contributed by atoms with Crippen molar-refractivity contribution in [3.8, 4) is 11.5 Å². The number of rotatable bonds is 9. The van der Waals surface area contributed by atoms with Crippen LogP contribution in [0.5, 0.6) is 11.5 Å². The molecule has 14 heteroatoms. The van der Waals surface area contributed by atoms with Crippen LogP contribution in [0.4, 0.5) is 11.4 Å². The molecule has 0 bridgehead atoms. The number of anilines is 2. The zero-order valence-corrected chi connectivity index (χ0v) is 20.5. The summed E-state index contributed by atoms with van der Waals surface area (Å²) in [6.07, 6.45) is 0. The van der Waals surface area contributed by atoms with E-state index in [0.29, 0.717) is 27.9 Å². The van der Waals surface area contributed by atoms with Crippen LogP contribution < -0.4 is 31.2 Å². The number of primary amides is 1. The highest BCUT2D eigenvalue weighted by molar-refractivity contribution is 7.10. The van der Waals surface area contributed by atoms with Crippen molar-refractivity contribution in [3.63, 3.8) is 0 Å². The van der Waals surface area contributed by atoms with E-state index < -0.39 is 36.3 Å². The number of carbonyl (C=O) groups excluding carboxylic acids is 4. The maximum Gasteiger partial charge on any atom is 0.325 e.